The molecule has 3 heteroatoms. The average molecular weight is 296 g/mol. The van der Waals surface area contributed by atoms with Crippen molar-refractivity contribution in [2.75, 3.05) is 14.1 Å². The number of nitrogens with zero attached hydrogens (tertiary/aromatic N) is 1. The maximum Gasteiger partial charge on any atom is 0.238 e. The van der Waals surface area contributed by atoms with Crippen LogP contribution in [0.5, 0.6) is 0 Å². The van der Waals surface area contributed by atoms with Gasteiger partial charge < -0.3 is 4.90 Å². The summed E-state index contributed by atoms with van der Waals surface area (Å²) >= 11 is 0. The first-order chi connectivity index (χ1) is 10.5. The Morgan fingerprint density at radius 3 is 2.05 bits per heavy atom. The summed E-state index contributed by atoms with van der Waals surface area (Å²) in [6.45, 7) is 3.99. The quantitative estimate of drug-likeness (QED) is 0.919. The van der Waals surface area contributed by atoms with Crippen molar-refractivity contribution in [1.82, 2.24) is 10.2 Å². The molecule has 0 aromatic heterocycles. The number of aryl methyl sites for hydroxylation is 1. The second kappa shape index (κ2) is 7.23. The molecule has 2 aromatic rings. The molecule has 0 aliphatic rings. The summed E-state index contributed by atoms with van der Waals surface area (Å²) in [6, 6.07) is 18.4. The molecular weight excluding hydrogens is 272 g/mol. The second-order valence-corrected chi connectivity index (χ2v) is 5.88. The molecule has 0 saturated heterocycles. The van der Waals surface area contributed by atoms with Gasteiger partial charge in [0.25, 0.3) is 0 Å². The number of carbonyl (C=O) groups is 1. The predicted octanol–water partition coefficient (Wildman–Crippen LogP) is 3.15. The normalized spacial score (nSPS) is 13.5. The highest BCUT2D eigenvalue weighted by Crippen LogP contribution is 2.23. The van der Waals surface area contributed by atoms with Gasteiger partial charge in [0.1, 0.15) is 0 Å². The van der Waals surface area contributed by atoms with E-state index in [-0.39, 0.29) is 18.0 Å². The van der Waals surface area contributed by atoms with Crippen LogP contribution in [0.1, 0.15) is 29.7 Å². The Balaban J connectivity index is 2.30. The molecule has 2 atom stereocenters. The Hall–Kier alpha value is -2.13. The zero-order valence-corrected chi connectivity index (χ0v) is 13.7. The molecule has 0 aliphatic carbocycles. The fourth-order valence-electron chi connectivity index (χ4n) is 2.50. The molecule has 0 heterocycles. The van der Waals surface area contributed by atoms with Gasteiger partial charge in [0.2, 0.25) is 5.91 Å². The molecule has 0 fully saturated rings. The number of amides is 1. The van der Waals surface area contributed by atoms with E-state index in [4.69, 9.17) is 0 Å². The monoisotopic (exact) mass is 296 g/mol. The van der Waals surface area contributed by atoms with Gasteiger partial charge >= 0.3 is 0 Å². The number of hydrogen-bond acceptors (Lipinski definition) is 2. The van der Waals surface area contributed by atoms with Crippen molar-refractivity contribution in [3.8, 4) is 0 Å². The summed E-state index contributed by atoms with van der Waals surface area (Å²) in [7, 11) is 3.56. The summed E-state index contributed by atoms with van der Waals surface area (Å²) in [5, 5.41) is 3.46. The Morgan fingerprint density at radius 2 is 1.50 bits per heavy atom. The van der Waals surface area contributed by atoms with Crippen LogP contribution in [0.2, 0.25) is 0 Å². The predicted molar refractivity (Wildman–Crippen MR) is 90.8 cm³/mol. The molecular formula is C19H24N2O. The van der Waals surface area contributed by atoms with E-state index in [0.717, 1.165) is 11.1 Å². The smallest absolute Gasteiger partial charge is 0.238 e. The number of benzene rings is 2. The highest BCUT2D eigenvalue weighted by molar-refractivity contribution is 5.81. The van der Waals surface area contributed by atoms with Gasteiger partial charge in [-0.3, -0.25) is 10.1 Å². The molecule has 0 spiro atoms. The van der Waals surface area contributed by atoms with Gasteiger partial charge in [0.05, 0.1) is 12.1 Å². The van der Waals surface area contributed by atoms with Crippen molar-refractivity contribution < 1.29 is 4.79 Å². The molecule has 0 bridgehead atoms. The van der Waals surface area contributed by atoms with Crippen molar-refractivity contribution >= 4 is 5.91 Å². The Kier molecular flexibility index (Phi) is 5.34. The van der Waals surface area contributed by atoms with Gasteiger partial charge in [-0.15, -0.1) is 0 Å². The van der Waals surface area contributed by atoms with Crippen molar-refractivity contribution in [3.63, 3.8) is 0 Å². The zero-order chi connectivity index (χ0) is 16.1. The van der Waals surface area contributed by atoms with Gasteiger partial charge in [0.15, 0.2) is 0 Å². The van der Waals surface area contributed by atoms with Gasteiger partial charge in [-0.2, -0.15) is 0 Å². The molecule has 116 valence electrons. The number of carbonyl (C=O) groups excluding carboxylic acids is 1. The third-order valence-electron chi connectivity index (χ3n) is 3.77. The van der Waals surface area contributed by atoms with Crippen LogP contribution < -0.4 is 5.32 Å². The lowest BCUT2D eigenvalue weighted by molar-refractivity contribution is -0.130. The fourth-order valence-corrected chi connectivity index (χ4v) is 2.50. The lowest BCUT2D eigenvalue weighted by atomic mass is 9.97. The number of rotatable bonds is 5. The van der Waals surface area contributed by atoms with Crippen LogP contribution in [0.15, 0.2) is 54.6 Å². The SMILES string of the molecule is Cc1ccc([C@@H](N[C@H](C)C(=O)N(C)C)c2ccccc2)cc1. The molecule has 0 radical (unpaired) electrons. The van der Waals surface area contributed by atoms with Gasteiger partial charge in [-0.1, -0.05) is 60.2 Å². The van der Waals surface area contributed by atoms with E-state index >= 15 is 0 Å². The first-order valence-corrected chi connectivity index (χ1v) is 7.57. The number of nitrogens with one attached hydrogen (secondary N) is 1. The van der Waals surface area contributed by atoms with Crippen molar-refractivity contribution in [2.24, 2.45) is 0 Å². The van der Waals surface area contributed by atoms with E-state index < -0.39 is 0 Å². The largest absolute Gasteiger partial charge is 0.347 e. The minimum Gasteiger partial charge on any atom is -0.347 e. The third-order valence-corrected chi connectivity index (χ3v) is 3.77. The number of hydrogen-bond donors (Lipinski definition) is 1. The molecule has 2 aromatic carbocycles. The Morgan fingerprint density at radius 1 is 0.955 bits per heavy atom. The average Bonchev–Trinajstić information content (AvgIpc) is 2.53. The molecule has 3 nitrogen and oxygen atoms in total. The molecule has 2 rings (SSSR count). The van der Waals surface area contributed by atoms with Crippen LogP contribution in [-0.4, -0.2) is 30.9 Å². The Bertz CT molecular complexity index is 605. The highest BCUT2D eigenvalue weighted by Gasteiger charge is 2.21. The molecule has 1 N–H and O–H groups in total. The van der Waals surface area contributed by atoms with Crippen molar-refractivity contribution in [3.05, 3.63) is 71.3 Å². The minimum atomic E-state index is -0.249. The fraction of sp³-hybridized carbons (Fsp3) is 0.316. The first-order valence-electron chi connectivity index (χ1n) is 7.57. The molecule has 0 unspecified atom stereocenters. The first kappa shape index (κ1) is 16.2. The summed E-state index contributed by atoms with van der Waals surface area (Å²) in [5.74, 6) is 0.0769. The van der Waals surface area contributed by atoms with Crippen molar-refractivity contribution in [1.29, 1.82) is 0 Å². The molecule has 0 aliphatic heterocycles. The van der Waals surface area contributed by atoms with E-state index in [2.05, 4.69) is 48.6 Å². The summed E-state index contributed by atoms with van der Waals surface area (Å²) < 4.78 is 0. The van der Waals surface area contributed by atoms with Crippen LogP contribution in [0.3, 0.4) is 0 Å². The molecule has 1 amide bonds. The zero-order valence-electron chi connectivity index (χ0n) is 13.7. The van der Waals surface area contributed by atoms with E-state index in [1.807, 2.05) is 25.1 Å². The van der Waals surface area contributed by atoms with Crippen LogP contribution >= 0.6 is 0 Å². The summed E-state index contributed by atoms with van der Waals surface area (Å²) in [4.78, 5) is 13.8. The van der Waals surface area contributed by atoms with Crippen molar-refractivity contribution in [2.45, 2.75) is 25.9 Å². The van der Waals surface area contributed by atoms with E-state index in [1.54, 1.807) is 19.0 Å². The van der Waals surface area contributed by atoms with E-state index in [0.29, 0.717) is 0 Å². The van der Waals surface area contributed by atoms with Gasteiger partial charge in [0, 0.05) is 14.1 Å². The summed E-state index contributed by atoms with van der Waals surface area (Å²) in [6.07, 6.45) is 0. The van der Waals surface area contributed by atoms with Crippen LogP contribution in [0.4, 0.5) is 0 Å². The van der Waals surface area contributed by atoms with Crippen LogP contribution in [0.25, 0.3) is 0 Å². The topological polar surface area (TPSA) is 32.3 Å². The lowest BCUT2D eigenvalue weighted by Gasteiger charge is -2.25. The van der Waals surface area contributed by atoms with E-state index in [9.17, 15) is 4.79 Å². The minimum absolute atomic E-state index is 0.000648. The summed E-state index contributed by atoms with van der Waals surface area (Å²) in [5.41, 5.74) is 3.55. The lowest BCUT2D eigenvalue weighted by Crippen LogP contribution is -2.43. The van der Waals surface area contributed by atoms with E-state index in [1.165, 1.54) is 5.56 Å². The maximum absolute atomic E-state index is 12.2. The third kappa shape index (κ3) is 3.95. The van der Waals surface area contributed by atoms with Crippen LogP contribution in [-0.2, 0) is 4.79 Å². The second-order valence-electron chi connectivity index (χ2n) is 5.88. The maximum atomic E-state index is 12.2. The molecule has 0 saturated carbocycles. The van der Waals surface area contributed by atoms with Gasteiger partial charge in [-0.05, 0) is 25.0 Å². The van der Waals surface area contributed by atoms with Gasteiger partial charge in [-0.25, -0.2) is 0 Å². The van der Waals surface area contributed by atoms with Crippen LogP contribution in [0, 0.1) is 6.92 Å². The Labute approximate surface area is 133 Å². The molecule has 22 heavy (non-hydrogen) atoms. The highest BCUT2D eigenvalue weighted by atomic mass is 16.2. The number of likely N-dealkylation sites (N-methyl/N-ethyl adjacent to an activating group) is 1. The standard InChI is InChI=1S/C19H24N2O/c1-14-10-12-17(13-11-14)18(16-8-6-5-7-9-16)20-15(2)19(22)21(3)4/h5-13,15,18,20H,1-4H3/t15-,18+/m1/s1.